The van der Waals surface area contributed by atoms with Crippen molar-refractivity contribution in [2.24, 2.45) is 4.99 Å². The van der Waals surface area contributed by atoms with Crippen molar-refractivity contribution in [1.82, 2.24) is 15.6 Å². The molecule has 3 aromatic rings. The summed E-state index contributed by atoms with van der Waals surface area (Å²) in [5, 5.41) is 7.62. The summed E-state index contributed by atoms with van der Waals surface area (Å²) in [5.41, 5.74) is 5.51. The van der Waals surface area contributed by atoms with Gasteiger partial charge in [0.1, 0.15) is 0 Å². The summed E-state index contributed by atoms with van der Waals surface area (Å²) >= 11 is 0. The van der Waals surface area contributed by atoms with E-state index in [-0.39, 0.29) is 29.7 Å². The Morgan fingerprint density at radius 1 is 1.16 bits per heavy atom. The number of rotatable bonds is 7. The molecule has 3 N–H and O–H groups in total. The molecule has 0 saturated carbocycles. The zero-order valence-corrected chi connectivity index (χ0v) is 21.5. The van der Waals surface area contributed by atoms with Crippen LogP contribution in [0.4, 0.5) is 5.69 Å². The fourth-order valence-electron chi connectivity index (χ4n) is 4.05. The van der Waals surface area contributed by atoms with E-state index in [1.165, 1.54) is 20.8 Å². The van der Waals surface area contributed by atoms with E-state index >= 15 is 0 Å². The zero-order chi connectivity index (χ0) is 21.8. The second kappa shape index (κ2) is 10.6. The summed E-state index contributed by atoms with van der Waals surface area (Å²) in [6.45, 7) is 3.60. The van der Waals surface area contributed by atoms with Gasteiger partial charge in [0.25, 0.3) is 0 Å². The van der Waals surface area contributed by atoms with Crippen LogP contribution in [-0.2, 0) is 22.9 Å². The van der Waals surface area contributed by atoms with Crippen LogP contribution in [0, 0.1) is 6.92 Å². The zero-order valence-electron chi connectivity index (χ0n) is 18.4. The fourth-order valence-corrected chi connectivity index (χ4v) is 5.48. The molecule has 9 heteroatoms. The maximum Gasteiger partial charge on any atom is 0.236 e. The number of hydrogen-bond donors (Lipinski definition) is 3. The molecule has 172 valence electrons. The molecule has 32 heavy (non-hydrogen) atoms. The number of aliphatic imine (C=N–C) groups is 1. The third-order valence-corrected chi connectivity index (χ3v) is 7.44. The van der Waals surface area contributed by atoms with Crippen LogP contribution in [0.25, 0.3) is 10.9 Å². The number of benzene rings is 2. The first-order valence-electron chi connectivity index (χ1n) is 10.6. The maximum absolute atomic E-state index is 12.8. The van der Waals surface area contributed by atoms with Crippen molar-refractivity contribution in [2.75, 3.05) is 36.7 Å². The van der Waals surface area contributed by atoms with Gasteiger partial charge in [0, 0.05) is 43.8 Å². The summed E-state index contributed by atoms with van der Waals surface area (Å²) in [5.74, 6) is 0.622. The molecule has 1 aromatic heterocycles. The van der Waals surface area contributed by atoms with E-state index in [9.17, 15) is 8.42 Å². The van der Waals surface area contributed by atoms with E-state index in [0.717, 1.165) is 29.6 Å². The van der Waals surface area contributed by atoms with Crippen LogP contribution in [0.3, 0.4) is 0 Å². The number of sulfonamides is 1. The first-order valence-corrected chi connectivity index (χ1v) is 12.2. The number of nitrogens with zero attached hydrogens (tertiary/aromatic N) is 2. The van der Waals surface area contributed by atoms with E-state index in [4.69, 9.17) is 0 Å². The van der Waals surface area contributed by atoms with Crippen molar-refractivity contribution in [3.05, 3.63) is 65.4 Å². The average Bonchev–Trinajstić information content (AvgIpc) is 3.37. The number of hydrogen-bond acceptors (Lipinski definition) is 3. The largest absolute Gasteiger partial charge is 0.361 e. The Labute approximate surface area is 206 Å². The van der Waals surface area contributed by atoms with E-state index in [2.05, 4.69) is 45.7 Å². The molecule has 0 unspecified atom stereocenters. The van der Waals surface area contributed by atoms with Crippen LogP contribution in [0.5, 0.6) is 0 Å². The van der Waals surface area contributed by atoms with Gasteiger partial charge in [-0.15, -0.1) is 24.0 Å². The van der Waals surface area contributed by atoms with Crippen molar-refractivity contribution in [2.45, 2.75) is 19.8 Å². The van der Waals surface area contributed by atoms with Gasteiger partial charge < -0.3 is 15.6 Å². The Hall–Kier alpha value is -2.27. The lowest BCUT2D eigenvalue weighted by molar-refractivity contribution is 0.591. The molecule has 0 radical (unpaired) electrons. The van der Waals surface area contributed by atoms with Crippen molar-refractivity contribution < 1.29 is 8.42 Å². The van der Waals surface area contributed by atoms with Crippen molar-refractivity contribution >= 4 is 56.5 Å². The molecule has 4 rings (SSSR count). The number of aromatic nitrogens is 1. The molecule has 1 aliphatic rings. The molecule has 2 heterocycles. The Kier molecular flexibility index (Phi) is 8.05. The Bertz CT molecular complexity index is 1210. The highest BCUT2D eigenvalue weighted by Gasteiger charge is 2.28. The number of halogens is 1. The lowest BCUT2D eigenvalue weighted by Crippen LogP contribution is -2.42. The molecule has 0 spiro atoms. The van der Waals surface area contributed by atoms with Crippen molar-refractivity contribution in [1.29, 1.82) is 0 Å². The van der Waals surface area contributed by atoms with Crippen LogP contribution in [0.15, 0.2) is 53.7 Å². The minimum Gasteiger partial charge on any atom is -0.361 e. The summed E-state index contributed by atoms with van der Waals surface area (Å²) in [7, 11) is -1.69. The first-order chi connectivity index (χ1) is 15.0. The van der Waals surface area contributed by atoms with Crippen LogP contribution in [-0.4, -0.2) is 51.8 Å². The van der Waals surface area contributed by atoms with Gasteiger partial charge in [-0.1, -0.05) is 30.3 Å². The fraction of sp³-hybridized carbons (Fsp3) is 0.348. The average molecular weight is 567 g/mol. The molecule has 0 fully saturated rings. The minimum absolute atomic E-state index is 0. The third kappa shape index (κ3) is 5.37. The second-order valence-electron chi connectivity index (χ2n) is 7.81. The predicted octanol–water partition coefficient (Wildman–Crippen LogP) is 3.19. The van der Waals surface area contributed by atoms with Gasteiger partial charge in [-0.25, -0.2) is 8.42 Å². The van der Waals surface area contributed by atoms with Gasteiger partial charge in [0.05, 0.1) is 11.4 Å². The van der Waals surface area contributed by atoms with E-state index in [1.807, 2.05) is 30.5 Å². The molecule has 2 aromatic carbocycles. The molecule has 7 nitrogen and oxygen atoms in total. The van der Waals surface area contributed by atoms with Crippen molar-refractivity contribution in [3.8, 4) is 0 Å². The summed E-state index contributed by atoms with van der Waals surface area (Å²) in [6, 6.07) is 14.1. The highest BCUT2D eigenvalue weighted by atomic mass is 127. The number of H-pyrrole nitrogens is 1. The minimum atomic E-state index is -3.38. The molecular formula is C23H30IN5O2S. The number of fused-ring (bicyclic) bond motifs is 2. The second-order valence-corrected chi connectivity index (χ2v) is 9.82. The predicted molar refractivity (Wildman–Crippen MR) is 143 cm³/mol. The molecule has 0 amide bonds. The molecule has 0 atom stereocenters. The molecule has 0 aliphatic carbocycles. The number of aromatic amines is 1. The monoisotopic (exact) mass is 567 g/mol. The van der Waals surface area contributed by atoms with Gasteiger partial charge >= 0.3 is 0 Å². The molecule has 1 aliphatic heterocycles. The third-order valence-electron chi connectivity index (χ3n) is 5.67. The number of aryl methyl sites for hydroxylation is 1. The number of anilines is 1. The quantitative estimate of drug-likeness (QED) is 0.233. The topological polar surface area (TPSA) is 89.6 Å². The summed E-state index contributed by atoms with van der Waals surface area (Å²) in [4.78, 5) is 7.53. The standard InChI is InChI=1S/C23H29N5O2S.HI/c1-17-7-8-20-19(16-27-21(20)15-17)9-11-25-23(24-2)26-12-14-31(29,30)28-13-10-18-5-3-4-6-22(18)28;/h3-8,15-16,27H,9-14H2,1-2H3,(H2,24,25,26);1H. The normalized spacial score (nSPS) is 13.7. The maximum atomic E-state index is 12.8. The lowest BCUT2D eigenvalue weighted by Gasteiger charge is -2.20. The molecule has 0 saturated heterocycles. The van der Waals surface area contributed by atoms with Gasteiger partial charge in [-0.2, -0.15) is 0 Å². The van der Waals surface area contributed by atoms with Crippen LogP contribution in [0.2, 0.25) is 0 Å². The Morgan fingerprint density at radius 2 is 1.94 bits per heavy atom. The van der Waals surface area contributed by atoms with Gasteiger partial charge in [0.2, 0.25) is 10.0 Å². The smallest absolute Gasteiger partial charge is 0.236 e. The van der Waals surface area contributed by atoms with Gasteiger partial charge in [-0.3, -0.25) is 9.30 Å². The highest BCUT2D eigenvalue weighted by molar-refractivity contribution is 14.0. The number of nitrogens with one attached hydrogen (secondary N) is 3. The van der Waals surface area contributed by atoms with Crippen molar-refractivity contribution in [3.63, 3.8) is 0 Å². The van der Waals surface area contributed by atoms with E-state index in [0.29, 0.717) is 25.6 Å². The SMILES string of the molecule is CN=C(NCCc1c[nH]c2cc(C)ccc12)NCCS(=O)(=O)N1CCc2ccccc21.I. The van der Waals surface area contributed by atoms with E-state index in [1.54, 1.807) is 7.05 Å². The lowest BCUT2D eigenvalue weighted by atomic mass is 10.1. The van der Waals surface area contributed by atoms with E-state index < -0.39 is 10.0 Å². The first kappa shape index (κ1) is 24.4. The van der Waals surface area contributed by atoms with Crippen LogP contribution in [0.1, 0.15) is 16.7 Å². The Morgan fingerprint density at radius 3 is 2.75 bits per heavy atom. The van der Waals surface area contributed by atoms with Gasteiger partial charge in [-0.05, 0) is 48.6 Å². The Balaban J connectivity index is 0.00000289. The van der Waals surface area contributed by atoms with Gasteiger partial charge in [0.15, 0.2) is 5.96 Å². The molecular weight excluding hydrogens is 537 g/mol. The molecule has 0 bridgehead atoms. The van der Waals surface area contributed by atoms with Crippen LogP contribution < -0.4 is 14.9 Å². The highest BCUT2D eigenvalue weighted by Crippen LogP contribution is 2.29. The summed E-state index contributed by atoms with van der Waals surface area (Å²) < 4.78 is 27.1. The number of guanidine groups is 1. The summed E-state index contributed by atoms with van der Waals surface area (Å²) in [6.07, 6.45) is 3.65. The number of para-hydroxylation sites is 1. The van der Waals surface area contributed by atoms with Crippen LogP contribution >= 0.6 is 24.0 Å².